The van der Waals surface area contributed by atoms with Gasteiger partial charge in [-0.25, -0.2) is 4.98 Å². The Hall–Kier alpha value is -2.47. The van der Waals surface area contributed by atoms with Crippen LogP contribution in [0.4, 0.5) is 0 Å². The number of hydrogen-bond donors (Lipinski definition) is 2. The maximum Gasteiger partial charge on any atom is 0.154 e. The molecule has 2 N–H and O–H groups in total. The largest absolute Gasteiger partial charge is 0.490 e. The van der Waals surface area contributed by atoms with Gasteiger partial charge in [-0.15, -0.1) is 0 Å². The SMILES string of the molecule is CC(C)[C@@](O)(c1cn[nH]n1)c1ccc2cc(OC3CC3)ccc2n1. The maximum absolute atomic E-state index is 11.3. The third-order valence-electron chi connectivity index (χ3n) is 4.52. The fraction of sp³-hybridized carbons (Fsp3) is 0.389. The number of pyridine rings is 1. The van der Waals surface area contributed by atoms with Crippen LogP contribution in [-0.2, 0) is 5.60 Å². The summed E-state index contributed by atoms with van der Waals surface area (Å²) in [5.41, 5.74) is 0.565. The quantitative estimate of drug-likeness (QED) is 0.754. The standard InChI is InChI=1S/C18H20N4O2/c1-11(2)18(23,17-10-19-22-21-17)16-8-3-12-9-14(24-13-4-5-13)6-7-15(12)20-16/h3,6-11,13,23H,4-5H2,1-2H3,(H,19,21,22)/t18-/m0/s1. The lowest BCUT2D eigenvalue weighted by molar-refractivity contribution is 0.0235. The van der Waals surface area contributed by atoms with E-state index >= 15 is 0 Å². The molecule has 1 aliphatic rings. The molecular weight excluding hydrogens is 304 g/mol. The van der Waals surface area contributed by atoms with Crippen molar-refractivity contribution in [1.29, 1.82) is 0 Å². The summed E-state index contributed by atoms with van der Waals surface area (Å²) in [5.74, 6) is 0.764. The van der Waals surface area contributed by atoms with Crippen LogP contribution in [0.3, 0.4) is 0 Å². The minimum atomic E-state index is -1.29. The van der Waals surface area contributed by atoms with Crippen molar-refractivity contribution in [3.05, 3.63) is 47.9 Å². The Morgan fingerprint density at radius 1 is 1.21 bits per heavy atom. The van der Waals surface area contributed by atoms with Gasteiger partial charge in [-0.1, -0.05) is 19.9 Å². The molecular formula is C18H20N4O2. The van der Waals surface area contributed by atoms with Crippen molar-refractivity contribution in [2.45, 2.75) is 38.4 Å². The van der Waals surface area contributed by atoms with Crippen LogP contribution in [0.2, 0.25) is 0 Å². The predicted octanol–water partition coefficient (Wildman–Crippen LogP) is 2.79. The molecule has 0 unspecified atom stereocenters. The monoisotopic (exact) mass is 324 g/mol. The van der Waals surface area contributed by atoms with Crippen molar-refractivity contribution in [1.82, 2.24) is 20.4 Å². The molecule has 0 spiro atoms. The molecule has 3 aromatic rings. The van der Waals surface area contributed by atoms with Gasteiger partial charge in [0.15, 0.2) is 5.60 Å². The maximum atomic E-state index is 11.3. The molecule has 0 amide bonds. The van der Waals surface area contributed by atoms with Crippen molar-refractivity contribution >= 4 is 10.9 Å². The number of aliphatic hydroxyl groups is 1. The van der Waals surface area contributed by atoms with Crippen LogP contribution in [0.15, 0.2) is 36.5 Å². The van der Waals surface area contributed by atoms with Crippen LogP contribution in [0, 0.1) is 5.92 Å². The van der Waals surface area contributed by atoms with Crippen LogP contribution in [0.25, 0.3) is 10.9 Å². The molecule has 24 heavy (non-hydrogen) atoms. The van der Waals surface area contributed by atoms with Gasteiger partial charge >= 0.3 is 0 Å². The van der Waals surface area contributed by atoms with Crippen molar-refractivity contribution in [2.75, 3.05) is 0 Å². The minimum absolute atomic E-state index is 0.106. The van der Waals surface area contributed by atoms with Gasteiger partial charge in [-0.05, 0) is 43.0 Å². The van der Waals surface area contributed by atoms with E-state index in [4.69, 9.17) is 4.74 Å². The van der Waals surface area contributed by atoms with E-state index in [1.165, 1.54) is 0 Å². The van der Waals surface area contributed by atoms with Gasteiger partial charge in [0.05, 0.1) is 23.5 Å². The molecule has 0 saturated heterocycles. The summed E-state index contributed by atoms with van der Waals surface area (Å²) in [4.78, 5) is 4.67. The van der Waals surface area contributed by atoms with Gasteiger partial charge in [-0.2, -0.15) is 15.4 Å². The second-order valence-corrected chi connectivity index (χ2v) is 6.64. The van der Waals surface area contributed by atoms with Crippen molar-refractivity contribution < 1.29 is 9.84 Å². The molecule has 1 aromatic carbocycles. The first kappa shape index (κ1) is 15.1. The molecule has 124 valence electrons. The number of aromatic amines is 1. The fourth-order valence-corrected chi connectivity index (χ4v) is 2.88. The van der Waals surface area contributed by atoms with E-state index < -0.39 is 5.60 Å². The Morgan fingerprint density at radius 2 is 2.04 bits per heavy atom. The van der Waals surface area contributed by atoms with Gasteiger partial charge in [0.1, 0.15) is 11.4 Å². The second kappa shape index (κ2) is 5.56. The van der Waals surface area contributed by atoms with Crippen molar-refractivity contribution in [2.24, 2.45) is 5.92 Å². The lowest BCUT2D eigenvalue weighted by Crippen LogP contribution is -2.35. The Kier molecular flexibility index (Phi) is 3.49. The lowest BCUT2D eigenvalue weighted by Gasteiger charge is -2.29. The summed E-state index contributed by atoms with van der Waals surface area (Å²) in [6.45, 7) is 3.88. The highest BCUT2D eigenvalue weighted by Crippen LogP contribution is 2.35. The third-order valence-corrected chi connectivity index (χ3v) is 4.52. The third kappa shape index (κ3) is 2.53. The summed E-state index contributed by atoms with van der Waals surface area (Å²) in [6, 6.07) is 9.67. The number of nitrogens with zero attached hydrogens (tertiary/aromatic N) is 3. The lowest BCUT2D eigenvalue weighted by atomic mass is 9.84. The van der Waals surface area contributed by atoms with E-state index in [0.717, 1.165) is 29.5 Å². The Bertz CT molecular complexity index is 859. The van der Waals surface area contributed by atoms with E-state index in [1.807, 2.05) is 44.2 Å². The molecule has 0 bridgehead atoms. The number of nitrogens with one attached hydrogen (secondary N) is 1. The Labute approximate surface area is 139 Å². The van der Waals surface area contributed by atoms with Gasteiger partial charge in [0.25, 0.3) is 0 Å². The second-order valence-electron chi connectivity index (χ2n) is 6.64. The number of rotatable bonds is 5. The zero-order valence-electron chi connectivity index (χ0n) is 13.7. The predicted molar refractivity (Wildman–Crippen MR) is 89.6 cm³/mol. The van der Waals surface area contributed by atoms with Gasteiger partial charge in [0.2, 0.25) is 0 Å². The zero-order valence-corrected chi connectivity index (χ0v) is 13.7. The van der Waals surface area contributed by atoms with Crippen LogP contribution in [0.1, 0.15) is 38.1 Å². The van der Waals surface area contributed by atoms with Gasteiger partial charge < -0.3 is 9.84 Å². The summed E-state index contributed by atoms with van der Waals surface area (Å²) >= 11 is 0. The van der Waals surface area contributed by atoms with Crippen LogP contribution < -0.4 is 4.74 Å². The molecule has 0 aliphatic heterocycles. The fourth-order valence-electron chi connectivity index (χ4n) is 2.88. The molecule has 2 heterocycles. The average molecular weight is 324 g/mol. The van der Waals surface area contributed by atoms with E-state index in [0.29, 0.717) is 17.5 Å². The minimum Gasteiger partial charge on any atom is -0.490 e. The molecule has 1 atom stereocenters. The van der Waals surface area contributed by atoms with Crippen LogP contribution in [0.5, 0.6) is 5.75 Å². The van der Waals surface area contributed by atoms with Gasteiger partial charge in [0, 0.05) is 5.39 Å². The summed E-state index contributed by atoms with van der Waals surface area (Å²) in [5, 5.41) is 22.7. The number of hydrogen-bond acceptors (Lipinski definition) is 5. The number of aromatic nitrogens is 4. The van der Waals surface area contributed by atoms with Crippen LogP contribution in [-0.4, -0.2) is 31.6 Å². The van der Waals surface area contributed by atoms with Gasteiger partial charge in [-0.3, -0.25) is 0 Å². The molecule has 1 fully saturated rings. The zero-order chi connectivity index (χ0) is 16.7. The van der Waals surface area contributed by atoms with E-state index in [2.05, 4.69) is 20.4 Å². The van der Waals surface area contributed by atoms with E-state index in [9.17, 15) is 5.11 Å². The normalized spacial score (nSPS) is 17.2. The highest BCUT2D eigenvalue weighted by Gasteiger charge is 2.39. The topological polar surface area (TPSA) is 83.9 Å². The molecule has 6 nitrogen and oxygen atoms in total. The van der Waals surface area contributed by atoms with E-state index in [-0.39, 0.29) is 5.92 Å². The first-order chi connectivity index (χ1) is 11.6. The Morgan fingerprint density at radius 3 is 2.71 bits per heavy atom. The highest BCUT2D eigenvalue weighted by atomic mass is 16.5. The molecule has 2 aromatic heterocycles. The number of ether oxygens (including phenoxy) is 1. The van der Waals surface area contributed by atoms with Crippen LogP contribution >= 0.6 is 0 Å². The first-order valence-electron chi connectivity index (χ1n) is 8.24. The average Bonchev–Trinajstić information content (AvgIpc) is 3.22. The summed E-state index contributed by atoms with van der Waals surface area (Å²) in [6.07, 6.45) is 4.18. The summed E-state index contributed by atoms with van der Waals surface area (Å²) < 4.78 is 5.83. The Balaban J connectivity index is 1.75. The smallest absolute Gasteiger partial charge is 0.154 e. The van der Waals surface area contributed by atoms with E-state index in [1.54, 1.807) is 6.20 Å². The van der Waals surface area contributed by atoms with Crippen molar-refractivity contribution in [3.63, 3.8) is 0 Å². The number of benzene rings is 1. The van der Waals surface area contributed by atoms with Crippen molar-refractivity contribution in [3.8, 4) is 5.75 Å². The summed E-state index contributed by atoms with van der Waals surface area (Å²) in [7, 11) is 0. The molecule has 1 saturated carbocycles. The molecule has 1 aliphatic carbocycles. The number of H-pyrrole nitrogens is 1. The molecule has 6 heteroatoms. The highest BCUT2D eigenvalue weighted by molar-refractivity contribution is 5.80. The molecule has 0 radical (unpaired) electrons. The molecule has 4 rings (SSSR count). The number of fused-ring (bicyclic) bond motifs is 1. The first-order valence-corrected chi connectivity index (χ1v) is 8.24.